The maximum atomic E-state index is 12.2. The lowest BCUT2D eigenvalue weighted by Gasteiger charge is -2.18. The van der Waals surface area contributed by atoms with Crippen LogP contribution >= 0.6 is 0 Å². The highest BCUT2D eigenvalue weighted by molar-refractivity contribution is 5.88. The molecule has 1 atom stereocenters. The van der Waals surface area contributed by atoms with Crippen molar-refractivity contribution in [3.63, 3.8) is 0 Å². The maximum absolute atomic E-state index is 12.2. The van der Waals surface area contributed by atoms with Crippen LogP contribution in [0.5, 0.6) is 5.75 Å². The molecule has 7 heteroatoms. The number of hydrogen-bond donors (Lipinski definition) is 3. The molecule has 0 heterocycles. The third-order valence-electron chi connectivity index (χ3n) is 3.24. The summed E-state index contributed by atoms with van der Waals surface area (Å²) in [6, 6.07) is 5.50. The first-order chi connectivity index (χ1) is 11.4. The minimum Gasteiger partial charge on any atom is -0.508 e. The molecule has 1 rings (SSSR count). The van der Waals surface area contributed by atoms with Crippen LogP contribution in [0, 0.1) is 0 Å². The molecular weight excluding hydrogens is 312 g/mol. The van der Waals surface area contributed by atoms with Gasteiger partial charge in [-0.15, -0.1) is 0 Å². The third kappa shape index (κ3) is 7.62. The Morgan fingerprint density at radius 1 is 1.21 bits per heavy atom. The van der Waals surface area contributed by atoms with E-state index in [9.17, 15) is 19.5 Å². The first-order valence-electron chi connectivity index (χ1n) is 7.90. The molecule has 0 bridgehead atoms. The lowest BCUT2D eigenvalue weighted by molar-refractivity contribution is -0.147. The number of nitrogens with one attached hydrogen (secondary N) is 2. The molecule has 0 unspecified atom stereocenters. The largest absolute Gasteiger partial charge is 0.508 e. The van der Waals surface area contributed by atoms with Gasteiger partial charge in [0, 0.05) is 13.3 Å². The van der Waals surface area contributed by atoms with E-state index in [1.165, 1.54) is 19.1 Å². The average molecular weight is 336 g/mol. The van der Waals surface area contributed by atoms with Crippen molar-refractivity contribution in [2.24, 2.45) is 0 Å². The molecule has 0 spiro atoms. The summed E-state index contributed by atoms with van der Waals surface area (Å²) in [5.74, 6) is -1.20. The molecule has 1 aromatic rings. The molecule has 0 aromatic heterocycles. The van der Waals surface area contributed by atoms with Crippen LogP contribution in [0.25, 0.3) is 0 Å². The van der Waals surface area contributed by atoms with Crippen molar-refractivity contribution in [1.29, 1.82) is 0 Å². The fourth-order valence-corrected chi connectivity index (χ4v) is 1.93. The van der Waals surface area contributed by atoms with Crippen molar-refractivity contribution < 1.29 is 24.2 Å². The van der Waals surface area contributed by atoms with E-state index in [2.05, 4.69) is 10.6 Å². The number of carbonyl (C=O) groups excluding carboxylic acids is 3. The number of rotatable bonds is 9. The predicted molar refractivity (Wildman–Crippen MR) is 88.3 cm³/mol. The zero-order valence-corrected chi connectivity index (χ0v) is 14.0. The van der Waals surface area contributed by atoms with Crippen molar-refractivity contribution in [3.8, 4) is 5.75 Å². The molecule has 24 heavy (non-hydrogen) atoms. The molecule has 0 fully saturated rings. The Morgan fingerprint density at radius 3 is 2.46 bits per heavy atom. The predicted octanol–water partition coefficient (Wildman–Crippen LogP) is 0.899. The van der Waals surface area contributed by atoms with Crippen molar-refractivity contribution in [3.05, 3.63) is 29.8 Å². The van der Waals surface area contributed by atoms with Crippen LogP contribution in [0.3, 0.4) is 0 Å². The first kappa shape index (κ1) is 19.5. The topological polar surface area (TPSA) is 105 Å². The highest BCUT2D eigenvalue weighted by atomic mass is 16.5. The van der Waals surface area contributed by atoms with E-state index in [4.69, 9.17) is 4.74 Å². The number of unbranched alkanes of at least 4 members (excludes halogenated alkanes) is 1. The van der Waals surface area contributed by atoms with E-state index < -0.39 is 17.9 Å². The minimum absolute atomic E-state index is 0.121. The Kier molecular flexibility index (Phi) is 8.32. The van der Waals surface area contributed by atoms with Gasteiger partial charge in [-0.25, -0.2) is 4.79 Å². The van der Waals surface area contributed by atoms with E-state index in [1.54, 1.807) is 12.1 Å². The van der Waals surface area contributed by atoms with Crippen LogP contribution in [-0.4, -0.2) is 42.1 Å². The molecule has 0 radical (unpaired) electrons. The van der Waals surface area contributed by atoms with Gasteiger partial charge < -0.3 is 20.5 Å². The number of amides is 2. The summed E-state index contributed by atoms with van der Waals surface area (Å²) in [6.07, 6.45) is 1.87. The number of ether oxygens (including phenoxy) is 1. The fraction of sp³-hybridized carbons (Fsp3) is 0.471. The molecule has 0 aliphatic carbocycles. The number of carbonyl (C=O) groups is 3. The van der Waals surface area contributed by atoms with E-state index in [0.29, 0.717) is 6.61 Å². The van der Waals surface area contributed by atoms with Gasteiger partial charge >= 0.3 is 5.97 Å². The Bertz CT molecular complexity index is 557. The summed E-state index contributed by atoms with van der Waals surface area (Å²) < 4.78 is 5.18. The Balaban J connectivity index is 2.70. The third-order valence-corrected chi connectivity index (χ3v) is 3.24. The van der Waals surface area contributed by atoms with E-state index in [-0.39, 0.29) is 24.6 Å². The van der Waals surface area contributed by atoms with Gasteiger partial charge in [-0.1, -0.05) is 25.5 Å². The second kappa shape index (κ2) is 10.3. The zero-order chi connectivity index (χ0) is 17.9. The van der Waals surface area contributed by atoms with Crippen LogP contribution in [-0.2, 0) is 25.5 Å². The summed E-state index contributed by atoms with van der Waals surface area (Å²) >= 11 is 0. The van der Waals surface area contributed by atoms with Gasteiger partial charge in [0.2, 0.25) is 11.8 Å². The van der Waals surface area contributed by atoms with Crippen LogP contribution in [0.2, 0.25) is 0 Å². The smallest absolute Gasteiger partial charge is 0.328 e. The number of esters is 1. The van der Waals surface area contributed by atoms with Crippen LogP contribution < -0.4 is 10.6 Å². The lowest BCUT2D eigenvalue weighted by atomic mass is 10.1. The van der Waals surface area contributed by atoms with Crippen molar-refractivity contribution in [2.45, 2.75) is 39.2 Å². The molecule has 0 saturated carbocycles. The molecular formula is C17H24N2O5. The average Bonchev–Trinajstić information content (AvgIpc) is 2.54. The van der Waals surface area contributed by atoms with Gasteiger partial charge in [0.15, 0.2) is 0 Å². The first-order valence-corrected chi connectivity index (χ1v) is 7.90. The molecule has 2 amide bonds. The highest BCUT2D eigenvalue weighted by Gasteiger charge is 2.22. The van der Waals surface area contributed by atoms with Crippen LogP contribution in [0.15, 0.2) is 24.3 Å². The van der Waals surface area contributed by atoms with Crippen LogP contribution in [0.4, 0.5) is 0 Å². The summed E-state index contributed by atoms with van der Waals surface area (Å²) in [4.78, 5) is 34.9. The van der Waals surface area contributed by atoms with Gasteiger partial charge in [0.05, 0.1) is 13.2 Å². The summed E-state index contributed by atoms with van der Waals surface area (Å²) in [5.41, 5.74) is 0.769. The Labute approximate surface area is 141 Å². The van der Waals surface area contributed by atoms with Crippen molar-refractivity contribution >= 4 is 17.8 Å². The van der Waals surface area contributed by atoms with Crippen molar-refractivity contribution in [2.75, 3.05) is 13.2 Å². The number of phenols is 1. The molecule has 7 nitrogen and oxygen atoms in total. The van der Waals surface area contributed by atoms with Crippen molar-refractivity contribution in [1.82, 2.24) is 10.6 Å². The second-order valence-electron chi connectivity index (χ2n) is 5.42. The zero-order valence-electron chi connectivity index (χ0n) is 14.0. The van der Waals surface area contributed by atoms with Gasteiger partial charge in [0.25, 0.3) is 0 Å². The van der Waals surface area contributed by atoms with Gasteiger partial charge in [-0.05, 0) is 24.1 Å². The van der Waals surface area contributed by atoms with Gasteiger partial charge in [0.1, 0.15) is 11.8 Å². The number of benzene rings is 1. The summed E-state index contributed by atoms with van der Waals surface area (Å²) in [6.45, 7) is 3.38. The normalized spacial score (nSPS) is 11.4. The number of phenolic OH excluding ortho intramolecular Hbond substituents is 1. The van der Waals surface area contributed by atoms with E-state index in [1.807, 2.05) is 6.92 Å². The quantitative estimate of drug-likeness (QED) is 0.459. The monoisotopic (exact) mass is 336 g/mol. The lowest BCUT2D eigenvalue weighted by Crippen LogP contribution is -2.47. The van der Waals surface area contributed by atoms with Crippen LogP contribution in [0.1, 0.15) is 32.3 Å². The van der Waals surface area contributed by atoms with Gasteiger partial charge in [-0.2, -0.15) is 0 Å². The maximum Gasteiger partial charge on any atom is 0.328 e. The Hall–Kier alpha value is -2.57. The summed E-state index contributed by atoms with van der Waals surface area (Å²) in [5, 5.41) is 14.3. The molecule has 132 valence electrons. The van der Waals surface area contributed by atoms with E-state index >= 15 is 0 Å². The molecule has 1 aromatic carbocycles. The Morgan fingerprint density at radius 2 is 1.88 bits per heavy atom. The molecule has 3 N–H and O–H groups in total. The molecule has 0 aliphatic rings. The summed E-state index contributed by atoms with van der Waals surface area (Å²) in [7, 11) is 0. The highest BCUT2D eigenvalue weighted by Crippen LogP contribution is 2.12. The standard InChI is InChI=1S/C17H24N2O5/c1-3-4-9-24-17(23)15(19-16(22)11-18-12(2)20)10-13-5-7-14(21)8-6-13/h5-8,15,21H,3-4,9-11H2,1-2H3,(H,18,20)(H,19,22)/t15-/m0/s1. The van der Waals surface area contributed by atoms with Gasteiger partial charge in [-0.3, -0.25) is 9.59 Å². The second-order valence-corrected chi connectivity index (χ2v) is 5.42. The number of hydrogen-bond acceptors (Lipinski definition) is 5. The van der Waals surface area contributed by atoms with E-state index in [0.717, 1.165) is 18.4 Å². The fourth-order valence-electron chi connectivity index (χ4n) is 1.93. The molecule has 0 saturated heterocycles. The SMILES string of the molecule is CCCCOC(=O)[C@H](Cc1ccc(O)cc1)NC(=O)CNC(C)=O. The minimum atomic E-state index is -0.854. The molecule has 0 aliphatic heterocycles. The number of aromatic hydroxyl groups is 1.